The predicted molar refractivity (Wildman–Crippen MR) is 149 cm³/mol. The Labute approximate surface area is 213 Å². The van der Waals surface area contributed by atoms with Crippen LogP contribution in [0.5, 0.6) is 0 Å². The van der Waals surface area contributed by atoms with E-state index in [0.717, 1.165) is 50.6 Å². The van der Waals surface area contributed by atoms with E-state index < -0.39 is 0 Å². The third kappa shape index (κ3) is 3.68. The number of nitrogens with two attached hydrogens (primary N) is 1. The van der Waals surface area contributed by atoms with Gasteiger partial charge in [0.25, 0.3) is 0 Å². The third-order valence-electron chi connectivity index (χ3n) is 6.32. The quantitative estimate of drug-likeness (QED) is 0.278. The number of aromatic nitrogens is 6. The van der Waals surface area contributed by atoms with Crippen molar-refractivity contribution in [1.82, 2.24) is 28.7 Å². The van der Waals surface area contributed by atoms with E-state index in [9.17, 15) is 0 Å². The molecule has 0 bridgehead atoms. The van der Waals surface area contributed by atoms with Crippen LogP contribution in [0.4, 0.5) is 0 Å². The number of hydrogen-bond donors (Lipinski definition) is 1. The van der Waals surface area contributed by atoms with Crippen LogP contribution in [0, 0.1) is 20.8 Å². The first-order chi connectivity index (χ1) is 17.9. The zero-order valence-electron chi connectivity index (χ0n) is 20.8. The highest BCUT2D eigenvalue weighted by molar-refractivity contribution is 6.04. The van der Waals surface area contributed by atoms with Crippen molar-refractivity contribution in [3.05, 3.63) is 96.8 Å². The number of aryl methyl sites for hydroxylation is 3. The first kappa shape index (κ1) is 22.4. The molecule has 2 N–H and O–H groups in total. The van der Waals surface area contributed by atoms with E-state index in [1.54, 1.807) is 0 Å². The number of imidazole rings is 3. The van der Waals surface area contributed by atoms with Crippen molar-refractivity contribution in [2.45, 2.75) is 20.8 Å². The molecule has 0 unspecified atom stereocenters. The van der Waals surface area contributed by atoms with Crippen molar-refractivity contribution < 1.29 is 0 Å². The van der Waals surface area contributed by atoms with Gasteiger partial charge in [-0.1, -0.05) is 43.0 Å². The zero-order valence-corrected chi connectivity index (χ0v) is 20.8. The van der Waals surface area contributed by atoms with E-state index in [1.807, 2.05) is 107 Å². The number of benzene rings is 3. The second-order valence-electron chi connectivity index (χ2n) is 8.75. The Balaban J connectivity index is 1.58. The molecule has 6 rings (SSSR count). The van der Waals surface area contributed by atoms with E-state index in [2.05, 4.69) is 16.5 Å². The van der Waals surface area contributed by atoms with E-state index in [1.165, 1.54) is 0 Å². The van der Waals surface area contributed by atoms with Crippen molar-refractivity contribution in [3.8, 4) is 0 Å². The van der Waals surface area contributed by atoms with Gasteiger partial charge in [-0.15, -0.1) is 0 Å². The van der Waals surface area contributed by atoms with E-state index >= 15 is 0 Å². The van der Waals surface area contributed by atoms with E-state index in [-0.39, 0.29) is 5.96 Å². The Hall–Kier alpha value is -5.05. The number of aliphatic imine (C=N–C) groups is 2. The van der Waals surface area contributed by atoms with Crippen LogP contribution in [0.1, 0.15) is 17.5 Å². The smallest absolute Gasteiger partial charge is 0.240 e. The number of rotatable bonds is 2. The Bertz CT molecular complexity index is 1900. The summed E-state index contributed by atoms with van der Waals surface area (Å²) in [6.45, 7) is 10.0. The maximum atomic E-state index is 6.63. The maximum absolute atomic E-state index is 6.63. The molecule has 0 atom stereocenters. The van der Waals surface area contributed by atoms with Crippen molar-refractivity contribution in [3.63, 3.8) is 0 Å². The van der Waals surface area contributed by atoms with Crippen LogP contribution in [0.3, 0.4) is 0 Å². The second kappa shape index (κ2) is 8.56. The van der Waals surface area contributed by atoms with Gasteiger partial charge in [-0.25, -0.2) is 15.0 Å². The maximum Gasteiger partial charge on any atom is 0.240 e. The van der Waals surface area contributed by atoms with Crippen molar-refractivity contribution in [2.24, 2.45) is 15.7 Å². The van der Waals surface area contributed by atoms with Gasteiger partial charge in [-0.3, -0.25) is 13.7 Å². The molecular formula is C28H25N9. The molecule has 0 spiro atoms. The lowest BCUT2D eigenvalue weighted by Crippen LogP contribution is -2.27. The normalized spacial score (nSPS) is 12.7. The third-order valence-corrected chi connectivity index (χ3v) is 6.32. The van der Waals surface area contributed by atoms with Gasteiger partial charge in [0.1, 0.15) is 23.3 Å². The molecular weight excluding hydrogens is 462 g/mol. The highest BCUT2D eigenvalue weighted by Crippen LogP contribution is 2.22. The highest BCUT2D eigenvalue weighted by atomic mass is 15.3. The van der Waals surface area contributed by atoms with Gasteiger partial charge in [0.05, 0.1) is 33.1 Å². The first-order valence-electron chi connectivity index (χ1n) is 11.9. The Morgan fingerprint density at radius 3 is 1.57 bits per heavy atom. The van der Waals surface area contributed by atoms with Crippen LogP contribution >= 0.6 is 0 Å². The van der Waals surface area contributed by atoms with Crippen molar-refractivity contribution >= 4 is 50.8 Å². The summed E-state index contributed by atoms with van der Waals surface area (Å²) in [5, 5.41) is 0. The lowest BCUT2D eigenvalue weighted by atomic mass is 10.3. The minimum absolute atomic E-state index is 0.238. The molecule has 3 heterocycles. The monoisotopic (exact) mass is 487 g/mol. The van der Waals surface area contributed by atoms with Crippen molar-refractivity contribution in [1.29, 1.82) is 0 Å². The van der Waals surface area contributed by atoms with Gasteiger partial charge >= 0.3 is 0 Å². The Morgan fingerprint density at radius 2 is 1.03 bits per heavy atom. The van der Waals surface area contributed by atoms with Crippen LogP contribution in [-0.2, 0) is 0 Å². The lowest BCUT2D eigenvalue weighted by molar-refractivity contribution is 0.984. The number of fused-ring (bicyclic) bond motifs is 3. The molecule has 3 aromatic carbocycles. The minimum atomic E-state index is 0.238. The van der Waals surface area contributed by atoms with Gasteiger partial charge in [0.2, 0.25) is 11.9 Å². The summed E-state index contributed by atoms with van der Waals surface area (Å²) >= 11 is 0. The molecule has 0 aliphatic carbocycles. The van der Waals surface area contributed by atoms with Gasteiger partial charge in [-0.05, 0) is 57.2 Å². The summed E-state index contributed by atoms with van der Waals surface area (Å²) in [5.41, 5.74) is 11.8. The molecule has 6 aromatic rings. The predicted octanol–water partition coefficient (Wildman–Crippen LogP) is 4.86. The molecule has 0 aliphatic heterocycles. The fourth-order valence-corrected chi connectivity index (χ4v) is 4.75. The summed E-state index contributed by atoms with van der Waals surface area (Å²) in [5.74, 6) is 3.26. The molecule has 9 nitrogen and oxygen atoms in total. The molecule has 0 saturated carbocycles. The summed E-state index contributed by atoms with van der Waals surface area (Å²) in [6.07, 6.45) is 0. The average molecular weight is 488 g/mol. The number of hydrogen-bond acceptors (Lipinski definition) is 4. The summed E-state index contributed by atoms with van der Waals surface area (Å²) in [6, 6.07) is 23.5. The summed E-state index contributed by atoms with van der Waals surface area (Å²) in [4.78, 5) is 23.8. The van der Waals surface area contributed by atoms with E-state index in [4.69, 9.17) is 20.7 Å². The Morgan fingerprint density at radius 1 is 0.622 bits per heavy atom. The largest absolute Gasteiger partial charge is 0.369 e. The fraction of sp³-hybridized carbons (Fsp3) is 0.107. The van der Waals surface area contributed by atoms with Crippen molar-refractivity contribution in [2.75, 3.05) is 0 Å². The molecule has 3 aromatic heterocycles. The topological polar surface area (TPSA) is 104 Å². The summed E-state index contributed by atoms with van der Waals surface area (Å²) < 4.78 is 5.61. The van der Waals surface area contributed by atoms with Gasteiger partial charge in [0, 0.05) is 0 Å². The van der Waals surface area contributed by atoms with Crippen LogP contribution in [0.15, 0.2) is 89.4 Å². The second-order valence-corrected chi connectivity index (χ2v) is 8.75. The minimum Gasteiger partial charge on any atom is -0.369 e. The SMILES string of the molecule is C=C(N=C(N=C(N)n1c(C)nc2ccccc21)n1c(C)nc2ccccc21)n1c(C)nc2ccccc21. The number of nitrogens with zero attached hydrogens (tertiary/aromatic N) is 8. The molecule has 0 amide bonds. The van der Waals surface area contributed by atoms with Gasteiger partial charge < -0.3 is 5.73 Å². The Kier molecular flexibility index (Phi) is 5.19. The molecule has 0 fully saturated rings. The van der Waals surface area contributed by atoms with Gasteiger partial charge in [0.15, 0.2) is 0 Å². The lowest BCUT2D eigenvalue weighted by Gasteiger charge is -2.12. The zero-order chi connectivity index (χ0) is 25.7. The van der Waals surface area contributed by atoms with E-state index in [0.29, 0.717) is 11.8 Å². The fourth-order valence-electron chi connectivity index (χ4n) is 4.75. The van der Waals surface area contributed by atoms with Crippen LogP contribution in [0.25, 0.3) is 38.9 Å². The highest BCUT2D eigenvalue weighted by Gasteiger charge is 2.17. The first-order valence-corrected chi connectivity index (χ1v) is 11.9. The van der Waals surface area contributed by atoms with Crippen LogP contribution in [0.2, 0.25) is 0 Å². The number of para-hydroxylation sites is 6. The van der Waals surface area contributed by atoms with Crippen LogP contribution < -0.4 is 5.73 Å². The average Bonchev–Trinajstić information content (AvgIpc) is 3.51. The molecule has 0 aliphatic rings. The van der Waals surface area contributed by atoms with Crippen LogP contribution in [-0.4, -0.2) is 40.6 Å². The molecule has 0 radical (unpaired) electrons. The molecule has 182 valence electrons. The van der Waals surface area contributed by atoms with Gasteiger partial charge in [-0.2, -0.15) is 9.98 Å². The standard InChI is InChI=1S/C28H25N9/c1-17-30-21-11-5-8-14-24(21)35(17)20(4)33-28(37-19(3)32-23-13-7-10-16-26(23)37)34-27(29)36-18(2)31-22-12-6-9-15-25(22)36/h5-16H,4H2,1-3H3,(H2,29,33,34). The molecule has 37 heavy (non-hydrogen) atoms. The summed E-state index contributed by atoms with van der Waals surface area (Å²) in [7, 11) is 0. The molecule has 0 saturated heterocycles. The molecule has 9 heteroatoms.